The Morgan fingerprint density at radius 2 is 2.08 bits per heavy atom. The maximum Gasteiger partial charge on any atom is 0.242 e. The molecule has 0 saturated carbocycles. The molecule has 1 heterocycles. The van der Waals surface area contributed by atoms with Gasteiger partial charge in [0.1, 0.15) is 10.1 Å². The fourth-order valence-corrected chi connectivity index (χ4v) is 4.73. The Balaban J connectivity index is 2.26. The highest BCUT2D eigenvalue weighted by Crippen LogP contribution is 2.30. The van der Waals surface area contributed by atoms with Gasteiger partial charge in [0.25, 0.3) is 0 Å². The van der Waals surface area contributed by atoms with Gasteiger partial charge in [-0.25, -0.2) is 17.7 Å². The average molecular weight is 416 g/mol. The number of hydrogen-bond acceptors (Lipinski definition) is 7. The van der Waals surface area contributed by atoms with Crippen molar-refractivity contribution < 1.29 is 17.9 Å². The number of thiazole rings is 1. The SMILES string of the molecule is COc1ccc(S(=O)(=O)N(C)C)cc1NC(=O)Cc1sc(SC)nc1C. The van der Waals surface area contributed by atoms with Crippen LogP contribution in [0.5, 0.6) is 5.75 Å². The van der Waals surface area contributed by atoms with Gasteiger partial charge in [0.2, 0.25) is 15.9 Å². The van der Waals surface area contributed by atoms with Crippen LogP contribution in [0.1, 0.15) is 10.6 Å². The zero-order valence-corrected chi connectivity index (χ0v) is 17.6. The molecule has 142 valence electrons. The fraction of sp³-hybridized carbons (Fsp3) is 0.375. The van der Waals surface area contributed by atoms with Gasteiger partial charge in [0.15, 0.2) is 0 Å². The van der Waals surface area contributed by atoms with E-state index in [2.05, 4.69) is 10.3 Å². The summed E-state index contributed by atoms with van der Waals surface area (Å²) < 4.78 is 31.9. The number of sulfonamides is 1. The number of aromatic nitrogens is 1. The van der Waals surface area contributed by atoms with E-state index in [9.17, 15) is 13.2 Å². The minimum absolute atomic E-state index is 0.0808. The molecule has 1 amide bonds. The van der Waals surface area contributed by atoms with Crippen LogP contribution >= 0.6 is 23.1 Å². The van der Waals surface area contributed by atoms with Gasteiger partial charge in [-0.1, -0.05) is 11.8 Å². The van der Waals surface area contributed by atoms with E-state index in [1.54, 1.807) is 0 Å². The lowest BCUT2D eigenvalue weighted by Gasteiger charge is -2.15. The predicted molar refractivity (Wildman–Crippen MR) is 105 cm³/mol. The molecule has 0 radical (unpaired) electrons. The topological polar surface area (TPSA) is 88.6 Å². The van der Waals surface area contributed by atoms with Gasteiger partial charge in [0, 0.05) is 19.0 Å². The second-order valence-corrected chi connectivity index (χ2v) is 9.86. The fourth-order valence-electron chi connectivity index (χ4n) is 2.15. The van der Waals surface area contributed by atoms with E-state index in [1.807, 2.05) is 13.2 Å². The number of rotatable bonds is 7. The van der Waals surface area contributed by atoms with Crippen molar-refractivity contribution in [2.75, 3.05) is 32.8 Å². The van der Waals surface area contributed by atoms with Crippen LogP contribution in [0.15, 0.2) is 27.4 Å². The van der Waals surface area contributed by atoms with Crippen molar-refractivity contribution in [1.82, 2.24) is 9.29 Å². The van der Waals surface area contributed by atoms with Gasteiger partial charge in [-0.3, -0.25) is 4.79 Å². The van der Waals surface area contributed by atoms with E-state index < -0.39 is 10.0 Å². The maximum atomic E-state index is 12.4. The van der Waals surface area contributed by atoms with E-state index in [-0.39, 0.29) is 17.2 Å². The summed E-state index contributed by atoms with van der Waals surface area (Å²) in [4.78, 5) is 17.8. The van der Waals surface area contributed by atoms with E-state index in [0.717, 1.165) is 19.2 Å². The second kappa shape index (κ2) is 8.38. The van der Waals surface area contributed by atoms with Crippen LogP contribution in [0.3, 0.4) is 0 Å². The van der Waals surface area contributed by atoms with Crippen LogP contribution in [0.25, 0.3) is 0 Å². The number of amides is 1. The number of nitrogens with zero attached hydrogens (tertiary/aromatic N) is 2. The van der Waals surface area contributed by atoms with Gasteiger partial charge in [0.05, 0.1) is 29.8 Å². The molecule has 2 aromatic rings. The normalized spacial score (nSPS) is 11.6. The standard InChI is InChI=1S/C16H21N3O4S3/c1-10-14(25-16(17-10)24-5)9-15(20)18-12-8-11(6-7-13(12)23-4)26(21,22)19(2)3/h6-8H,9H2,1-5H3,(H,18,20). The Kier molecular flexibility index (Phi) is 6.67. The molecule has 2 rings (SSSR count). The third-order valence-corrected chi connectivity index (χ3v) is 7.55. The Morgan fingerprint density at radius 1 is 1.38 bits per heavy atom. The Hall–Kier alpha value is -1.62. The lowest BCUT2D eigenvalue weighted by Crippen LogP contribution is -2.22. The number of thioether (sulfide) groups is 1. The van der Waals surface area contributed by atoms with Crippen LogP contribution in [0.4, 0.5) is 5.69 Å². The van der Waals surface area contributed by atoms with Gasteiger partial charge >= 0.3 is 0 Å². The number of methoxy groups -OCH3 is 1. The Bertz CT molecular complexity index is 907. The summed E-state index contributed by atoms with van der Waals surface area (Å²) in [6, 6.07) is 4.37. The number of anilines is 1. The minimum atomic E-state index is -3.61. The van der Waals surface area contributed by atoms with E-state index >= 15 is 0 Å². The van der Waals surface area contributed by atoms with E-state index in [0.29, 0.717) is 11.4 Å². The van der Waals surface area contributed by atoms with Crippen molar-refractivity contribution in [3.63, 3.8) is 0 Å². The summed E-state index contributed by atoms with van der Waals surface area (Å²) in [6.45, 7) is 1.86. The van der Waals surface area contributed by atoms with Gasteiger partial charge < -0.3 is 10.1 Å². The first-order chi connectivity index (χ1) is 12.2. The number of carbonyl (C=O) groups excluding carboxylic acids is 1. The zero-order valence-electron chi connectivity index (χ0n) is 15.2. The number of carbonyl (C=O) groups is 1. The van der Waals surface area contributed by atoms with Crippen molar-refractivity contribution in [1.29, 1.82) is 0 Å². The lowest BCUT2D eigenvalue weighted by molar-refractivity contribution is -0.115. The van der Waals surface area contributed by atoms with Gasteiger partial charge in [-0.05, 0) is 31.4 Å². The zero-order chi connectivity index (χ0) is 19.5. The van der Waals surface area contributed by atoms with Crippen LogP contribution in [0.2, 0.25) is 0 Å². The van der Waals surface area contributed by atoms with Crippen molar-refractivity contribution in [3.05, 3.63) is 28.8 Å². The van der Waals surface area contributed by atoms with Gasteiger partial charge in [-0.2, -0.15) is 0 Å². The van der Waals surface area contributed by atoms with Crippen molar-refractivity contribution in [3.8, 4) is 5.75 Å². The number of hydrogen-bond donors (Lipinski definition) is 1. The average Bonchev–Trinajstić information content (AvgIpc) is 2.94. The highest BCUT2D eigenvalue weighted by molar-refractivity contribution is 8.00. The highest BCUT2D eigenvalue weighted by atomic mass is 32.2. The number of ether oxygens (including phenoxy) is 1. The molecule has 0 bridgehead atoms. The monoisotopic (exact) mass is 415 g/mol. The molecule has 7 nitrogen and oxygen atoms in total. The van der Waals surface area contributed by atoms with Gasteiger partial charge in [-0.15, -0.1) is 11.3 Å². The molecule has 1 N–H and O–H groups in total. The first-order valence-corrected chi connectivity index (χ1v) is 11.1. The summed E-state index contributed by atoms with van der Waals surface area (Å²) in [5.41, 5.74) is 1.14. The third kappa shape index (κ3) is 4.56. The minimum Gasteiger partial charge on any atom is -0.495 e. The molecule has 26 heavy (non-hydrogen) atoms. The number of aryl methyl sites for hydroxylation is 1. The number of nitrogens with one attached hydrogen (secondary N) is 1. The summed E-state index contributed by atoms with van der Waals surface area (Å²) in [5.74, 6) is 0.129. The van der Waals surface area contributed by atoms with E-state index in [1.165, 1.54) is 62.5 Å². The second-order valence-electron chi connectivity index (χ2n) is 5.57. The lowest BCUT2D eigenvalue weighted by atomic mass is 10.2. The Labute approximate surface area is 161 Å². The Morgan fingerprint density at radius 3 is 2.62 bits per heavy atom. The molecule has 0 aliphatic carbocycles. The molecule has 0 fully saturated rings. The van der Waals surface area contributed by atoms with Crippen LogP contribution < -0.4 is 10.1 Å². The van der Waals surface area contributed by atoms with E-state index in [4.69, 9.17) is 4.74 Å². The van der Waals surface area contributed by atoms with Crippen LogP contribution in [-0.4, -0.2) is 51.1 Å². The molecule has 0 atom stereocenters. The molecule has 1 aromatic carbocycles. The predicted octanol–water partition coefficient (Wildman–Crippen LogP) is 2.61. The summed E-state index contributed by atoms with van der Waals surface area (Å²) in [7, 11) is 0.756. The molecular weight excluding hydrogens is 394 g/mol. The largest absolute Gasteiger partial charge is 0.495 e. The molecule has 0 aliphatic heterocycles. The molecule has 0 aliphatic rings. The van der Waals surface area contributed by atoms with Crippen molar-refractivity contribution in [2.24, 2.45) is 0 Å². The van der Waals surface area contributed by atoms with Crippen LogP contribution in [-0.2, 0) is 21.2 Å². The molecule has 10 heteroatoms. The molecule has 0 saturated heterocycles. The van der Waals surface area contributed by atoms with Crippen molar-refractivity contribution in [2.45, 2.75) is 22.6 Å². The molecule has 0 unspecified atom stereocenters. The summed E-state index contributed by atoms with van der Waals surface area (Å²) in [6.07, 6.45) is 2.10. The quantitative estimate of drug-likeness (QED) is 0.700. The molecular formula is C16H21N3O4S3. The van der Waals surface area contributed by atoms with Crippen LogP contribution in [0, 0.1) is 6.92 Å². The smallest absolute Gasteiger partial charge is 0.242 e. The first kappa shape index (κ1) is 20.7. The third-order valence-electron chi connectivity index (χ3n) is 3.59. The number of benzene rings is 1. The molecule has 0 spiro atoms. The van der Waals surface area contributed by atoms with Crippen molar-refractivity contribution >= 4 is 44.7 Å². The first-order valence-electron chi connectivity index (χ1n) is 7.59. The molecule has 1 aromatic heterocycles. The summed E-state index contributed by atoms with van der Waals surface area (Å²) in [5, 5.41) is 2.74. The highest BCUT2D eigenvalue weighted by Gasteiger charge is 2.20. The summed E-state index contributed by atoms with van der Waals surface area (Å²) >= 11 is 3.01. The maximum absolute atomic E-state index is 12.4.